The van der Waals surface area contributed by atoms with Gasteiger partial charge >= 0.3 is 0 Å². The third-order valence-electron chi connectivity index (χ3n) is 5.86. The molecule has 4 N–H and O–H groups in total. The first-order chi connectivity index (χ1) is 15.7. The molecule has 1 aliphatic heterocycles. The van der Waals surface area contributed by atoms with Gasteiger partial charge in [0.2, 0.25) is 0 Å². The van der Waals surface area contributed by atoms with Crippen LogP contribution in [0.15, 0.2) is 42.5 Å². The molecule has 2 heterocycles. The molecule has 4 rings (SSSR count). The molecule has 1 aliphatic rings. The Morgan fingerprint density at radius 1 is 1.09 bits per heavy atom. The number of nitrogens with one attached hydrogen (secondary N) is 1. The predicted octanol–water partition coefficient (Wildman–Crippen LogP) is 5.65. The molecule has 33 heavy (non-hydrogen) atoms. The van der Waals surface area contributed by atoms with Gasteiger partial charge in [0, 0.05) is 22.7 Å². The van der Waals surface area contributed by atoms with Gasteiger partial charge in [0.05, 0.1) is 22.8 Å². The van der Waals surface area contributed by atoms with E-state index in [1.807, 2.05) is 12.1 Å². The highest BCUT2D eigenvalue weighted by Gasteiger charge is 2.23. The molecule has 0 atom stereocenters. The number of nitrogens with zero attached hydrogens (tertiary/aromatic N) is 1. The second-order valence-corrected chi connectivity index (χ2v) is 10.0. The lowest BCUT2D eigenvalue weighted by molar-refractivity contribution is 0.0779. The topological polar surface area (TPSA) is 70.8 Å². The Kier molecular flexibility index (Phi) is 7.11. The molecule has 1 fully saturated rings. The van der Waals surface area contributed by atoms with Gasteiger partial charge in [-0.3, -0.25) is 9.74 Å². The molecule has 1 aromatic heterocycles. The van der Waals surface area contributed by atoms with E-state index in [1.54, 1.807) is 6.07 Å². The normalized spacial score (nSPS) is 14.7. The Morgan fingerprint density at radius 2 is 1.73 bits per heavy atom. The fourth-order valence-electron chi connectivity index (χ4n) is 4.04. The van der Waals surface area contributed by atoms with E-state index in [0.29, 0.717) is 15.4 Å². The average Bonchev–Trinajstić information content (AvgIpc) is 3.39. The fourth-order valence-corrected chi connectivity index (χ4v) is 5.18. The summed E-state index contributed by atoms with van der Waals surface area (Å²) in [6, 6.07) is 12.2. The van der Waals surface area contributed by atoms with E-state index in [1.165, 1.54) is 55.7 Å². The number of halogens is 2. The number of anilines is 2. The largest absolute Gasteiger partial charge is 0.386 e. The van der Waals surface area contributed by atoms with Crippen molar-refractivity contribution in [2.75, 3.05) is 18.4 Å². The first kappa shape index (κ1) is 23.8. The second-order valence-electron chi connectivity index (χ2n) is 8.96. The number of thiophene rings is 1. The number of benzene rings is 2. The maximum absolute atomic E-state index is 14.9. The van der Waals surface area contributed by atoms with E-state index in [-0.39, 0.29) is 17.7 Å². The minimum atomic E-state index is -1.35. The monoisotopic (exact) mass is 473 g/mol. The molecule has 0 amide bonds. The molecule has 5 nitrogen and oxygen atoms in total. The quantitative estimate of drug-likeness (QED) is 0.369. The molecule has 0 aliphatic carbocycles. The van der Waals surface area contributed by atoms with Gasteiger partial charge < -0.3 is 10.4 Å². The van der Waals surface area contributed by atoms with Crippen LogP contribution in [0.5, 0.6) is 0 Å². The third-order valence-corrected chi connectivity index (χ3v) is 6.97. The van der Waals surface area contributed by atoms with Gasteiger partial charge in [0.15, 0.2) is 0 Å². The van der Waals surface area contributed by atoms with Crippen LogP contribution in [0.25, 0.3) is 10.4 Å². The number of nitrogens with two attached hydrogens (primary N) is 1. The first-order valence-electron chi connectivity index (χ1n) is 11.0. The van der Waals surface area contributed by atoms with E-state index in [4.69, 9.17) is 10.7 Å². The number of hydrogen-bond donors (Lipinski definition) is 3. The van der Waals surface area contributed by atoms with Crippen LogP contribution in [0.3, 0.4) is 0 Å². The molecule has 0 unspecified atom stereocenters. The summed E-state index contributed by atoms with van der Waals surface area (Å²) >= 11 is 1.22. The second kappa shape index (κ2) is 9.87. The van der Waals surface area contributed by atoms with Crippen molar-refractivity contribution >= 4 is 22.0 Å². The van der Waals surface area contributed by atoms with Crippen LogP contribution in [0.2, 0.25) is 0 Å². The molecule has 0 saturated carbocycles. The van der Waals surface area contributed by atoms with Gasteiger partial charge in [0.1, 0.15) is 11.6 Å². The summed E-state index contributed by atoms with van der Waals surface area (Å²) in [6.07, 6.45) is 2.52. The zero-order valence-electron chi connectivity index (χ0n) is 18.8. The van der Waals surface area contributed by atoms with E-state index < -0.39 is 17.2 Å². The summed E-state index contributed by atoms with van der Waals surface area (Å²) < 4.78 is 29.7. The Hall–Kier alpha value is -2.36. The Balaban J connectivity index is 1.58. The molecular formula is C25H29F2N3O2S. The smallest absolute Gasteiger partial charge is 0.135 e. The molecule has 0 radical (unpaired) electrons. The maximum Gasteiger partial charge on any atom is 0.135 e. The van der Waals surface area contributed by atoms with Gasteiger partial charge in [0.25, 0.3) is 0 Å². The van der Waals surface area contributed by atoms with Gasteiger partial charge in [-0.1, -0.05) is 12.1 Å². The minimum Gasteiger partial charge on any atom is -0.386 e. The molecule has 0 spiro atoms. The Bertz CT molecular complexity index is 1080. The zero-order valence-corrected chi connectivity index (χ0v) is 19.6. The van der Waals surface area contributed by atoms with Crippen LogP contribution >= 0.6 is 11.3 Å². The van der Waals surface area contributed by atoms with Crippen molar-refractivity contribution in [3.63, 3.8) is 0 Å². The molecule has 1 saturated heterocycles. The van der Waals surface area contributed by atoms with E-state index in [9.17, 15) is 13.9 Å². The van der Waals surface area contributed by atoms with Crippen molar-refractivity contribution < 1.29 is 18.7 Å². The summed E-state index contributed by atoms with van der Waals surface area (Å²) in [5.41, 5.74) is 1.50. The van der Waals surface area contributed by atoms with Crippen LogP contribution in [-0.2, 0) is 23.6 Å². The first-order valence-corrected chi connectivity index (χ1v) is 11.8. The molecule has 8 heteroatoms. The average molecular weight is 474 g/mol. The summed E-state index contributed by atoms with van der Waals surface area (Å²) in [7, 11) is 0. The van der Waals surface area contributed by atoms with Gasteiger partial charge in [-0.15, -0.1) is 11.3 Å². The molecule has 2 aromatic carbocycles. The third kappa shape index (κ3) is 5.59. The van der Waals surface area contributed by atoms with E-state index in [2.05, 4.69) is 22.3 Å². The predicted molar refractivity (Wildman–Crippen MR) is 128 cm³/mol. The fraction of sp³-hybridized carbons (Fsp3) is 0.360. The van der Waals surface area contributed by atoms with Crippen molar-refractivity contribution in [2.45, 2.75) is 45.4 Å². The molecule has 0 bridgehead atoms. The summed E-state index contributed by atoms with van der Waals surface area (Å²) in [6.45, 7) is 6.29. The van der Waals surface area contributed by atoms with Gasteiger partial charge in [-0.05, 0) is 81.2 Å². The molecular weight excluding hydrogens is 444 g/mol. The Labute approximate surface area is 196 Å². The number of likely N-dealkylation sites (tertiary alicyclic amines) is 1. The van der Waals surface area contributed by atoms with Gasteiger partial charge in [-0.25, -0.2) is 14.7 Å². The van der Waals surface area contributed by atoms with Crippen LogP contribution < -0.4 is 11.2 Å². The highest BCUT2D eigenvalue weighted by molar-refractivity contribution is 7.19. The minimum absolute atomic E-state index is 0.0941. The maximum atomic E-state index is 14.9. The van der Waals surface area contributed by atoms with Crippen molar-refractivity contribution in [3.05, 3.63) is 70.8 Å². The van der Waals surface area contributed by atoms with E-state index in [0.717, 1.165) is 25.3 Å². The van der Waals surface area contributed by atoms with Crippen molar-refractivity contribution in [1.29, 1.82) is 0 Å². The summed E-state index contributed by atoms with van der Waals surface area (Å²) in [5, 5.41) is 14.1. The van der Waals surface area contributed by atoms with Crippen LogP contribution in [-0.4, -0.2) is 23.1 Å². The number of hydrogen-bond acceptors (Lipinski definition) is 6. The highest BCUT2D eigenvalue weighted by atomic mass is 32.1. The summed E-state index contributed by atoms with van der Waals surface area (Å²) in [5.74, 6) is 3.83. The van der Waals surface area contributed by atoms with E-state index >= 15 is 0 Å². The highest BCUT2D eigenvalue weighted by Crippen LogP contribution is 2.40. The van der Waals surface area contributed by atoms with Crippen LogP contribution in [0.4, 0.5) is 19.5 Å². The SMILES string of the molecule is CC(C)(O)c1cc(F)c(-c2cc(CON)c(Nc3ccc(CN4CCCC4)cc3)s2)c(F)c1. The lowest BCUT2D eigenvalue weighted by Gasteiger charge is -2.18. The lowest BCUT2D eigenvalue weighted by atomic mass is 9.96. The van der Waals surface area contributed by atoms with Crippen molar-refractivity contribution in [1.82, 2.24) is 4.90 Å². The number of aliphatic hydroxyl groups is 1. The zero-order chi connectivity index (χ0) is 23.6. The van der Waals surface area contributed by atoms with Gasteiger partial charge in [-0.2, -0.15) is 0 Å². The number of rotatable bonds is 8. The van der Waals surface area contributed by atoms with Crippen molar-refractivity contribution in [3.8, 4) is 10.4 Å². The lowest BCUT2D eigenvalue weighted by Crippen LogP contribution is -2.18. The van der Waals surface area contributed by atoms with Crippen molar-refractivity contribution in [2.24, 2.45) is 5.90 Å². The van der Waals surface area contributed by atoms with Crippen LogP contribution in [0.1, 0.15) is 43.4 Å². The molecule has 3 aromatic rings. The summed E-state index contributed by atoms with van der Waals surface area (Å²) in [4.78, 5) is 7.66. The standard InChI is InChI=1S/C25H29F2N3O2S/c1-25(2,31)18-12-20(26)23(21(27)13-18)22-11-17(15-32-28)24(33-22)29-19-7-5-16(6-8-19)14-30-9-3-4-10-30/h5-8,11-13,29,31H,3-4,9-10,14-15,28H2,1-2H3. The molecule has 176 valence electrons. The Morgan fingerprint density at radius 3 is 2.30 bits per heavy atom. The van der Waals surface area contributed by atoms with Crippen LogP contribution in [0, 0.1) is 11.6 Å².